The van der Waals surface area contributed by atoms with Gasteiger partial charge in [-0.15, -0.1) is 0 Å². The molecule has 0 atom stereocenters. The van der Waals surface area contributed by atoms with Crippen LogP contribution in [0.5, 0.6) is 0 Å². The van der Waals surface area contributed by atoms with Crippen molar-refractivity contribution >= 4 is 39.1 Å². The molecule has 0 unspecified atom stereocenters. The molecule has 0 aliphatic rings. The molecule has 18 heavy (non-hydrogen) atoms. The van der Waals surface area contributed by atoms with E-state index in [1.165, 1.54) is 0 Å². The third-order valence-electron chi connectivity index (χ3n) is 2.40. The number of nitrogens with one attached hydrogen (secondary N) is 1. The van der Waals surface area contributed by atoms with Crippen LogP contribution in [-0.2, 0) is 4.79 Å². The van der Waals surface area contributed by atoms with Crippen molar-refractivity contribution in [3.8, 4) is 0 Å². The molecule has 0 aromatic carbocycles. The number of nitrogens with two attached hydrogens (primary N) is 1. The van der Waals surface area contributed by atoms with Gasteiger partial charge in [-0.2, -0.15) is 0 Å². The molecule has 1 rings (SSSR count). The summed E-state index contributed by atoms with van der Waals surface area (Å²) in [7, 11) is 1.87. The van der Waals surface area contributed by atoms with E-state index < -0.39 is 0 Å². The summed E-state index contributed by atoms with van der Waals surface area (Å²) in [6.07, 6.45) is 3.55. The summed E-state index contributed by atoms with van der Waals surface area (Å²) in [5, 5.41) is 3.61. The average molecular weight is 336 g/mol. The molecule has 0 fully saturated rings. The number of amides is 1. The van der Waals surface area contributed by atoms with Crippen LogP contribution < -0.4 is 16.0 Å². The molecule has 0 aliphatic carbocycles. The number of primary amides is 1. The van der Waals surface area contributed by atoms with Crippen molar-refractivity contribution in [3.05, 3.63) is 21.9 Å². The number of nitrogens with zero attached hydrogens (tertiary/aromatic N) is 2. The van der Waals surface area contributed by atoms with Gasteiger partial charge >= 0.3 is 0 Å². The lowest BCUT2D eigenvalue weighted by atomic mass is 10.3. The van der Waals surface area contributed by atoms with Crippen molar-refractivity contribution in [3.63, 3.8) is 0 Å². The van der Waals surface area contributed by atoms with E-state index in [0.29, 0.717) is 11.6 Å². The van der Waals surface area contributed by atoms with Crippen molar-refractivity contribution in [2.45, 2.75) is 6.42 Å². The zero-order chi connectivity index (χ0) is 13.5. The fraction of sp³-hybridized carbons (Fsp3) is 0.455. The number of hydrogen-bond donors (Lipinski definition) is 2. The molecule has 0 aliphatic heterocycles. The number of carbonyl (C=O) groups is 1. The standard InChI is InChI=1S/C11H16BrClN4O/c1-15-3-5-17(4-2-10(14)18)11-8(12)6-16-7-9(11)13/h6-7,15H,2-5H2,1H3,(H2,14,18). The van der Waals surface area contributed by atoms with Gasteiger partial charge in [0.1, 0.15) is 0 Å². The Kier molecular flexibility index (Phi) is 6.38. The number of pyridine rings is 1. The van der Waals surface area contributed by atoms with Crippen LogP contribution >= 0.6 is 27.5 Å². The fourth-order valence-electron chi connectivity index (χ4n) is 1.53. The monoisotopic (exact) mass is 334 g/mol. The molecule has 0 saturated carbocycles. The predicted octanol–water partition coefficient (Wildman–Crippen LogP) is 1.40. The maximum atomic E-state index is 10.9. The van der Waals surface area contributed by atoms with Crippen LogP contribution in [0, 0.1) is 0 Å². The lowest BCUT2D eigenvalue weighted by Gasteiger charge is -2.26. The van der Waals surface area contributed by atoms with Crippen molar-refractivity contribution in [1.29, 1.82) is 0 Å². The molecule has 3 N–H and O–H groups in total. The molecule has 7 heteroatoms. The lowest BCUT2D eigenvalue weighted by molar-refractivity contribution is -0.117. The van der Waals surface area contributed by atoms with E-state index in [1.54, 1.807) is 12.4 Å². The van der Waals surface area contributed by atoms with Gasteiger partial charge in [-0.05, 0) is 23.0 Å². The number of likely N-dealkylation sites (N-methyl/N-ethyl adjacent to an activating group) is 1. The van der Waals surface area contributed by atoms with E-state index in [4.69, 9.17) is 17.3 Å². The number of anilines is 1. The molecular weight excluding hydrogens is 320 g/mol. The van der Waals surface area contributed by atoms with Crippen LogP contribution in [0.15, 0.2) is 16.9 Å². The molecule has 1 heterocycles. The van der Waals surface area contributed by atoms with E-state index in [9.17, 15) is 4.79 Å². The van der Waals surface area contributed by atoms with Crippen LogP contribution in [0.25, 0.3) is 0 Å². The van der Waals surface area contributed by atoms with Gasteiger partial charge in [-0.3, -0.25) is 9.78 Å². The molecule has 1 aromatic rings. The normalized spacial score (nSPS) is 10.4. The highest BCUT2D eigenvalue weighted by Gasteiger charge is 2.14. The second-order valence-electron chi connectivity index (χ2n) is 3.76. The van der Waals surface area contributed by atoms with Gasteiger partial charge < -0.3 is 16.0 Å². The van der Waals surface area contributed by atoms with Crippen LogP contribution in [0.1, 0.15) is 6.42 Å². The highest BCUT2D eigenvalue weighted by atomic mass is 79.9. The Morgan fingerprint density at radius 2 is 2.28 bits per heavy atom. The van der Waals surface area contributed by atoms with E-state index in [0.717, 1.165) is 23.2 Å². The summed E-state index contributed by atoms with van der Waals surface area (Å²) >= 11 is 9.57. The summed E-state index contributed by atoms with van der Waals surface area (Å²) < 4.78 is 0.801. The first-order valence-corrected chi connectivity index (χ1v) is 6.70. The summed E-state index contributed by atoms with van der Waals surface area (Å²) in [6, 6.07) is 0. The summed E-state index contributed by atoms with van der Waals surface area (Å²) in [5.41, 5.74) is 6.02. The summed E-state index contributed by atoms with van der Waals surface area (Å²) in [6.45, 7) is 2.04. The van der Waals surface area contributed by atoms with Crippen molar-refractivity contribution in [1.82, 2.24) is 10.3 Å². The first-order valence-electron chi connectivity index (χ1n) is 5.53. The predicted molar refractivity (Wildman–Crippen MR) is 76.9 cm³/mol. The first kappa shape index (κ1) is 15.2. The number of carbonyl (C=O) groups excluding carboxylic acids is 1. The van der Waals surface area contributed by atoms with Crippen LogP contribution in [0.2, 0.25) is 5.02 Å². The minimum Gasteiger partial charge on any atom is -0.370 e. The number of rotatable bonds is 7. The smallest absolute Gasteiger partial charge is 0.219 e. The van der Waals surface area contributed by atoms with Crippen molar-refractivity contribution < 1.29 is 4.79 Å². The lowest BCUT2D eigenvalue weighted by Crippen LogP contribution is -2.34. The van der Waals surface area contributed by atoms with Gasteiger partial charge in [0, 0.05) is 38.4 Å². The van der Waals surface area contributed by atoms with Gasteiger partial charge in [0.15, 0.2) is 0 Å². The highest BCUT2D eigenvalue weighted by Crippen LogP contribution is 2.32. The molecule has 1 amide bonds. The van der Waals surface area contributed by atoms with Gasteiger partial charge in [0.25, 0.3) is 0 Å². The maximum Gasteiger partial charge on any atom is 0.219 e. The van der Waals surface area contributed by atoms with Gasteiger partial charge in [0.05, 0.1) is 15.2 Å². The summed E-state index contributed by atoms with van der Waals surface area (Å²) in [4.78, 5) is 16.9. The fourth-order valence-corrected chi connectivity index (χ4v) is 2.51. The molecule has 0 radical (unpaired) electrons. The molecule has 0 spiro atoms. The zero-order valence-corrected chi connectivity index (χ0v) is 12.5. The minimum absolute atomic E-state index is 0.287. The molecule has 1 aromatic heterocycles. The molecule has 0 saturated heterocycles. The summed E-state index contributed by atoms with van der Waals surface area (Å²) in [5.74, 6) is -0.328. The molecule has 0 bridgehead atoms. The Morgan fingerprint density at radius 1 is 1.56 bits per heavy atom. The van der Waals surface area contributed by atoms with Crippen LogP contribution in [-0.4, -0.2) is 37.6 Å². The second kappa shape index (κ2) is 7.56. The van der Waals surface area contributed by atoms with E-state index in [2.05, 4.69) is 26.2 Å². The van der Waals surface area contributed by atoms with Crippen molar-refractivity contribution in [2.24, 2.45) is 5.73 Å². The molecule has 100 valence electrons. The average Bonchev–Trinajstić information content (AvgIpc) is 2.31. The maximum absolute atomic E-state index is 10.9. The zero-order valence-electron chi connectivity index (χ0n) is 10.1. The third kappa shape index (κ3) is 4.44. The van der Waals surface area contributed by atoms with Crippen molar-refractivity contribution in [2.75, 3.05) is 31.6 Å². The quantitative estimate of drug-likeness (QED) is 0.790. The van der Waals surface area contributed by atoms with E-state index in [-0.39, 0.29) is 12.3 Å². The Bertz CT molecular complexity index is 396. The Morgan fingerprint density at radius 3 is 2.83 bits per heavy atom. The van der Waals surface area contributed by atoms with Gasteiger partial charge in [-0.1, -0.05) is 11.6 Å². The highest BCUT2D eigenvalue weighted by molar-refractivity contribution is 9.10. The number of halogens is 2. The SMILES string of the molecule is CNCCN(CCC(N)=O)c1c(Cl)cncc1Br. The molecule has 5 nitrogen and oxygen atoms in total. The Hall–Kier alpha value is -0.850. The Balaban J connectivity index is 2.89. The first-order chi connectivity index (χ1) is 8.56. The van der Waals surface area contributed by atoms with E-state index in [1.807, 2.05) is 11.9 Å². The Labute approximate surface area is 120 Å². The minimum atomic E-state index is -0.328. The number of hydrogen-bond acceptors (Lipinski definition) is 4. The van der Waals surface area contributed by atoms with Crippen LogP contribution in [0.3, 0.4) is 0 Å². The van der Waals surface area contributed by atoms with Gasteiger partial charge in [-0.25, -0.2) is 0 Å². The van der Waals surface area contributed by atoms with Gasteiger partial charge in [0.2, 0.25) is 5.91 Å². The topological polar surface area (TPSA) is 71.2 Å². The third-order valence-corrected chi connectivity index (χ3v) is 3.26. The second-order valence-corrected chi connectivity index (χ2v) is 5.02. The largest absolute Gasteiger partial charge is 0.370 e. The molecular formula is C11H16BrClN4O. The van der Waals surface area contributed by atoms with E-state index >= 15 is 0 Å². The van der Waals surface area contributed by atoms with Crippen LogP contribution in [0.4, 0.5) is 5.69 Å². The number of aromatic nitrogens is 1.